The van der Waals surface area contributed by atoms with Gasteiger partial charge in [-0.1, -0.05) is 48.5 Å². The normalized spacial score (nSPS) is 10.6. The van der Waals surface area contributed by atoms with Crippen LogP contribution in [0, 0.1) is 5.82 Å². The molecule has 4 nitrogen and oxygen atoms in total. The van der Waals surface area contributed by atoms with Crippen molar-refractivity contribution in [3.05, 3.63) is 96.3 Å². The molecule has 0 saturated heterocycles. The van der Waals surface area contributed by atoms with Gasteiger partial charge in [0.15, 0.2) is 11.5 Å². The third-order valence-corrected chi connectivity index (χ3v) is 5.18. The zero-order valence-corrected chi connectivity index (χ0v) is 17.8. The highest BCUT2D eigenvalue weighted by Gasteiger charge is 2.16. The Morgan fingerprint density at radius 2 is 1.28 bits per heavy atom. The maximum Gasteiger partial charge on any atom is 0.161 e. The van der Waals surface area contributed by atoms with Crippen molar-refractivity contribution in [3.8, 4) is 45.3 Å². The summed E-state index contributed by atoms with van der Waals surface area (Å²) in [5.41, 5.74) is 4.09. The van der Waals surface area contributed by atoms with E-state index in [9.17, 15) is 9.50 Å². The summed E-state index contributed by atoms with van der Waals surface area (Å²) >= 11 is 0. The van der Waals surface area contributed by atoms with E-state index < -0.39 is 0 Å². The number of halogens is 1. The summed E-state index contributed by atoms with van der Waals surface area (Å²) in [5, 5.41) is 10.5. The predicted octanol–water partition coefficient (Wildman–Crippen LogP) is 6.46. The molecule has 162 valence electrons. The van der Waals surface area contributed by atoms with Crippen molar-refractivity contribution in [2.75, 3.05) is 14.2 Å². The van der Waals surface area contributed by atoms with Gasteiger partial charge in [0.2, 0.25) is 0 Å². The third-order valence-electron chi connectivity index (χ3n) is 5.18. The van der Waals surface area contributed by atoms with Crippen molar-refractivity contribution < 1.29 is 23.7 Å². The minimum Gasteiger partial charge on any atom is -0.504 e. The average molecular weight is 430 g/mol. The van der Waals surface area contributed by atoms with Gasteiger partial charge in [0.05, 0.1) is 14.2 Å². The summed E-state index contributed by atoms with van der Waals surface area (Å²) in [6.45, 7) is 0.358. The van der Waals surface area contributed by atoms with Crippen LogP contribution in [0.1, 0.15) is 5.56 Å². The van der Waals surface area contributed by atoms with Crippen LogP contribution in [0.3, 0.4) is 0 Å². The molecule has 4 aromatic rings. The second-order valence-electron chi connectivity index (χ2n) is 7.22. The van der Waals surface area contributed by atoms with Gasteiger partial charge in [0.1, 0.15) is 23.9 Å². The van der Waals surface area contributed by atoms with E-state index in [1.165, 1.54) is 12.1 Å². The molecule has 0 atom stereocenters. The van der Waals surface area contributed by atoms with E-state index in [0.717, 1.165) is 27.8 Å². The van der Waals surface area contributed by atoms with Crippen molar-refractivity contribution in [1.29, 1.82) is 0 Å². The Bertz CT molecular complexity index is 1200. The second-order valence-corrected chi connectivity index (χ2v) is 7.22. The van der Waals surface area contributed by atoms with E-state index in [1.54, 1.807) is 38.5 Å². The van der Waals surface area contributed by atoms with Crippen molar-refractivity contribution >= 4 is 0 Å². The Morgan fingerprint density at radius 3 is 1.88 bits per heavy atom. The zero-order chi connectivity index (χ0) is 22.5. The summed E-state index contributed by atoms with van der Waals surface area (Å²) in [6, 6.07) is 24.9. The van der Waals surface area contributed by atoms with Crippen molar-refractivity contribution in [2.24, 2.45) is 0 Å². The van der Waals surface area contributed by atoms with Crippen LogP contribution in [0.2, 0.25) is 0 Å². The van der Waals surface area contributed by atoms with Crippen LogP contribution in [-0.4, -0.2) is 19.3 Å². The summed E-state index contributed by atoms with van der Waals surface area (Å²) < 4.78 is 30.3. The Kier molecular flexibility index (Phi) is 6.26. The average Bonchev–Trinajstić information content (AvgIpc) is 2.83. The molecular formula is C27H23FO4. The molecule has 0 heterocycles. The van der Waals surface area contributed by atoms with Gasteiger partial charge in [-0.25, -0.2) is 4.39 Å². The van der Waals surface area contributed by atoms with Crippen molar-refractivity contribution in [1.82, 2.24) is 0 Å². The highest BCUT2D eigenvalue weighted by atomic mass is 19.1. The fourth-order valence-electron chi connectivity index (χ4n) is 3.52. The lowest BCUT2D eigenvalue weighted by Crippen LogP contribution is -1.96. The predicted molar refractivity (Wildman–Crippen MR) is 123 cm³/mol. The molecule has 0 spiro atoms. The van der Waals surface area contributed by atoms with Gasteiger partial charge in [-0.05, 0) is 53.1 Å². The third kappa shape index (κ3) is 4.52. The lowest BCUT2D eigenvalue weighted by atomic mass is 9.97. The van der Waals surface area contributed by atoms with E-state index in [-0.39, 0.29) is 11.6 Å². The van der Waals surface area contributed by atoms with E-state index in [4.69, 9.17) is 14.2 Å². The monoisotopic (exact) mass is 430 g/mol. The first kappa shape index (κ1) is 21.2. The Balaban J connectivity index is 1.66. The summed E-state index contributed by atoms with van der Waals surface area (Å²) in [5.74, 6) is 1.33. The maximum atomic E-state index is 13.3. The van der Waals surface area contributed by atoms with Gasteiger partial charge in [-0.15, -0.1) is 0 Å². The van der Waals surface area contributed by atoms with E-state index in [1.807, 2.05) is 48.5 Å². The Labute approximate surface area is 186 Å². The number of methoxy groups -OCH3 is 2. The molecule has 4 rings (SSSR count). The number of benzene rings is 4. The molecule has 0 radical (unpaired) electrons. The number of phenolic OH excluding ortho intramolecular Hbond substituents is 1. The number of rotatable bonds is 7. The van der Waals surface area contributed by atoms with Gasteiger partial charge in [-0.2, -0.15) is 0 Å². The van der Waals surface area contributed by atoms with E-state index in [2.05, 4.69) is 0 Å². The van der Waals surface area contributed by atoms with Gasteiger partial charge >= 0.3 is 0 Å². The molecule has 1 N–H and O–H groups in total. The van der Waals surface area contributed by atoms with Crippen LogP contribution in [0.15, 0.2) is 84.9 Å². The largest absolute Gasteiger partial charge is 0.504 e. The highest BCUT2D eigenvalue weighted by molar-refractivity contribution is 5.82. The van der Waals surface area contributed by atoms with Crippen LogP contribution >= 0.6 is 0 Å². The number of hydrogen-bond acceptors (Lipinski definition) is 4. The molecular weight excluding hydrogens is 407 g/mol. The summed E-state index contributed by atoms with van der Waals surface area (Å²) in [7, 11) is 3.16. The number of ether oxygens (including phenoxy) is 3. The molecule has 0 saturated carbocycles. The van der Waals surface area contributed by atoms with Crippen molar-refractivity contribution in [2.45, 2.75) is 6.61 Å². The van der Waals surface area contributed by atoms with E-state index in [0.29, 0.717) is 23.9 Å². The smallest absolute Gasteiger partial charge is 0.161 e. The molecule has 0 fully saturated rings. The Morgan fingerprint density at radius 1 is 0.688 bits per heavy atom. The van der Waals surface area contributed by atoms with Crippen LogP contribution in [0.4, 0.5) is 4.39 Å². The minimum atomic E-state index is -0.304. The first-order valence-corrected chi connectivity index (χ1v) is 10.1. The first-order valence-electron chi connectivity index (χ1n) is 10.1. The van der Waals surface area contributed by atoms with Gasteiger partial charge in [0, 0.05) is 11.1 Å². The molecule has 0 aliphatic rings. The minimum absolute atomic E-state index is 0.0297. The van der Waals surface area contributed by atoms with Crippen LogP contribution in [0.5, 0.6) is 23.0 Å². The number of aromatic hydroxyl groups is 1. The zero-order valence-electron chi connectivity index (χ0n) is 17.8. The molecule has 0 amide bonds. The van der Waals surface area contributed by atoms with Gasteiger partial charge < -0.3 is 19.3 Å². The fraction of sp³-hybridized carbons (Fsp3) is 0.111. The molecule has 0 aliphatic heterocycles. The molecule has 32 heavy (non-hydrogen) atoms. The number of hydrogen-bond donors (Lipinski definition) is 1. The lowest BCUT2D eigenvalue weighted by molar-refractivity contribution is 0.289. The lowest BCUT2D eigenvalue weighted by Gasteiger charge is -2.16. The van der Waals surface area contributed by atoms with Gasteiger partial charge in [0.25, 0.3) is 0 Å². The molecule has 0 aliphatic carbocycles. The molecule has 0 unspecified atom stereocenters. The van der Waals surface area contributed by atoms with Crippen LogP contribution in [0.25, 0.3) is 22.3 Å². The first-order chi connectivity index (χ1) is 15.6. The standard InChI is InChI=1S/C27H23FO4/c1-30-26-16-23(27(31-2)15-22(26)19-8-11-21(28)12-9-19)20-10-13-25(24(29)14-20)32-17-18-6-4-3-5-7-18/h3-16,29H,17H2,1-2H3. The quantitative estimate of drug-likeness (QED) is 0.365. The molecule has 0 aromatic heterocycles. The maximum absolute atomic E-state index is 13.3. The Hall–Kier alpha value is -3.99. The molecule has 4 aromatic carbocycles. The number of phenols is 1. The molecule has 0 bridgehead atoms. The van der Waals surface area contributed by atoms with Gasteiger partial charge in [-0.3, -0.25) is 0 Å². The SMILES string of the molecule is COc1cc(-c2ccc(OCc3ccccc3)c(O)c2)c(OC)cc1-c1ccc(F)cc1. The summed E-state index contributed by atoms with van der Waals surface area (Å²) in [6.07, 6.45) is 0. The molecule has 5 heteroatoms. The second kappa shape index (κ2) is 9.43. The van der Waals surface area contributed by atoms with Crippen LogP contribution < -0.4 is 14.2 Å². The van der Waals surface area contributed by atoms with Crippen molar-refractivity contribution in [3.63, 3.8) is 0 Å². The topological polar surface area (TPSA) is 47.9 Å². The highest BCUT2D eigenvalue weighted by Crippen LogP contribution is 2.42. The van der Waals surface area contributed by atoms with E-state index >= 15 is 0 Å². The van der Waals surface area contributed by atoms with Crippen LogP contribution in [-0.2, 0) is 6.61 Å². The fourth-order valence-corrected chi connectivity index (χ4v) is 3.52. The summed E-state index contributed by atoms with van der Waals surface area (Å²) in [4.78, 5) is 0.